The molecule has 0 saturated carbocycles. The van der Waals surface area contributed by atoms with Crippen molar-refractivity contribution >= 4 is 17.5 Å². The highest BCUT2D eigenvalue weighted by Gasteiger charge is 2.27. The number of hydrogen-bond donors (Lipinski definition) is 4. The van der Waals surface area contributed by atoms with Gasteiger partial charge in [0.15, 0.2) is 0 Å². The lowest BCUT2D eigenvalue weighted by molar-refractivity contribution is -0.120. The molecule has 2 amide bonds. The fourth-order valence-electron chi connectivity index (χ4n) is 2.30. The lowest BCUT2D eigenvalue weighted by Gasteiger charge is -2.11. The van der Waals surface area contributed by atoms with E-state index in [1.165, 1.54) is 0 Å². The van der Waals surface area contributed by atoms with Crippen molar-refractivity contribution < 1.29 is 14.7 Å². The Morgan fingerprint density at radius 3 is 2.62 bits per heavy atom. The molecule has 2 rings (SSSR count). The van der Waals surface area contributed by atoms with Crippen molar-refractivity contribution in [2.24, 2.45) is 0 Å². The van der Waals surface area contributed by atoms with Crippen molar-refractivity contribution in [2.75, 3.05) is 18.4 Å². The molecule has 1 aliphatic rings. The Hall–Kier alpha value is -1.92. The van der Waals surface area contributed by atoms with Gasteiger partial charge in [-0.05, 0) is 31.0 Å². The zero-order chi connectivity index (χ0) is 15.2. The topological polar surface area (TPSA) is 90.5 Å². The molecule has 1 saturated heterocycles. The highest BCUT2D eigenvalue weighted by atomic mass is 16.3. The smallest absolute Gasteiger partial charge is 0.241 e. The van der Waals surface area contributed by atoms with Gasteiger partial charge in [-0.1, -0.05) is 12.1 Å². The molecule has 0 aliphatic carbocycles. The predicted octanol–water partition coefficient (Wildman–Crippen LogP) is 0.0265. The van der Waals surface area contributed by atoms with Gasteiger partial charge in [0.05, 0.1) is 18.6 Å². The van der Waals surface area contributed by atoms with Gasteiger partial charge in [0.1, 0.15) is 0 Å². The van der Waals surface area contributed by atoms with Crippen LogP contribution in [0.2, 0.25) is 0 Å². The number of likely N-dealkylation sites (N-methyl/N-ethyl adjacent to an activating group) is 1. The molecule has 6 nitrogen and oxygen atoms in total. The van der Waals surface area contributed by atoms with Gasteiger partial charge in [-0.2, -0.15) is 0 Å². The van der Waals surface area contributed by atoms with Crippen LogP contribution in [0.4, 0.5) is 5.69 Å². The van der Waals surface area contributed by atoms with Gasteiger partial charge >= 0.3 is 0 Å². The minimum atomic E-state index is -0.458. The van der Waals surface area contributed by atoms with Crippen LogP contribution in [-0.2, 0) is 16.0 Å². The second-order valence-corrected chi connectivity index (χ2v) is 5.17. The zero-order valence-electron chi connectivity index (χ0n) is 12.1. The van der Waals surface area contributed by atoms with E-state index < -0.39 is 6.10 Å². The van der Waals surface area contributed by atoms with Crippen LogP contribution in [0.15, 0.2) is 24.3 Å². The molecule has 1 aromatic rings. The summed E-state index contributed by atoms with van der Waals surface area (Å²) in [6.45, 7) is 2.95. The van der Waals surface area contributed by atoms with Crippen molar-refractivity contribution in [2.45, 2.75) is 31.9 Å². The SMILES string of the molecule is CCNC(=O)Cc1ccc(NC(=O)C2CC(O)CN2)cc1. The number of benzene rings is 1. The first-order chi connectivity index (χ1) is 10.1. The number of β-amino-alcohol motifs (C(OH)–C–C–N with tert-alkyl or cyclic N) is 1. The second-order valence-electron chi connectivity index (χ2n) is 5.17. The largest absolute Gasteiger partial charge is 0.392 e. The minimum absolute atomic E-state index is 0.0153. The lowest BCUT2D eigenvalue weighted by Crippen LogP contribution is -2.35. The summed E-state index contributed by atoms with van der Waals surface area (Å²) in [4.78, 5) is 23.4. The molecule has 1 fully saturated rings. The lowest BCUT2D eigenvalue weighted by atomic mass is 10.1. The maximum absolute atomic E-state index is 12.0. The van der Waals surface area contributed by atoms with E-state index in [1.807, 2.05) is 19.1 Å². The molecule has 6 heteroatoms. The quantitative estimate of drug-likeness (QED) is 0.616. The number of hydrogen-bond acceptors (Lipinski definition) is 4. The Kier molecular flexibility index (Phi) is 5.30. The average molecular weight is 291 g/mol. The summed E-state index contributed by atoms with van der Waals surface area (Å²) in [6, 6.07) is 6.84. The number of carbonyl (C=O) groups excluding carboxylic acids is 2. The van der Waals surface area contributed by atoms with Crippen LogP contribution in [0, 0.1) is 0 Å². The van der Waals surface area contributed by atoms with E-state index in [1.54, 1.807) is 12.1 Å². The van der Waals surface area contributed by atoms with Gasteiger partial charge < -0.3 is 21.1 Å². The molecule has 0 spiro atoms. The van der Waals surface area contributed by atoms with E-state index in [9.17, 15) is 14.7 Å². The number of amides is 2. The number of nitrogens with one attached hydrogen (secondary N) is 3. The van der Waals surface area contributed by atoms with Crippen LogP contribution >= 0.6 is 0 Å². The summed E-state index contributed by atoms with van der Waals surface area (Å²) in [5, 5.41) is 17.9. The molecule has 21 heavy (non-hydrogen) atoms. The van der Waals surface area contributed by atoms with Crippen LogP contribution in [-0.4, -0.2) is 42.2 Å². The van der Waals surface area contributed by atoms with Gasteiger partial charge in [-0.3, -0.25) is 9.59 Å². The number of rotatable bonds is 5. The molecular weight excluding hydrogens is 270 g/mol. The Bertz CT molecular complexity index is 501. The normalized spacial score (nSPS) is 21.0. The monoisotopic (exact) mass is 291 g/mol. The molecule has 0 aromatic heterocycles. The summed E-state index contributed by atoms with van der Waals surface area (Å²) < 4.78 is 0. The van der Waals surface area contributed by atoms with Crippen molar-refractivity contribution in [1.82, 2.24) is 10.6 Å². The van der Waals surface area contributed by atoms with Gasteiger partial charge in [0, 0.05) is 18.8 Å². The van der Waals surface area contributed by atoms with E-state index in [0.717, 1.165) is 5.56 Å². The van der Waals surface area contributed by atoms with Crippen molar-refractivity contribution in [3.8, 4) is 0 Å². The van der Waals surface area contributed by atoms with Gasteiger partial charge in [0.2, 0.25) is 11.8 Å². The third kappa shape index (κ3) is 4.54. The average Bonchev–Trinajstić information content (AvgIpc) is 2.88. The van der Waals surface area contributed by atoms with Crippen LogP contribution in [0.1, 0.15) is 18.9 Å². The van der Waals surface area contributed by atoms with Crippen LogP contribution in [0.5, 0.6) is 0 Å². The predicted molar refractivity (Wildman–Crippen MR) is 79.9 cm³/mol. The molecule has 0 bridgehead atoms. The first-order valence-electron chi connectivity index (χ1n) is 7.16. The number of anilines is 1. The fraction of sp³-hybridized carbons (Fsp3) is 0.467. The van der Waals surface area contributed by atoms with Gasteiger partial charge in [0.25, 0.3) is 0 Å². The summed E-state index contributed by atoms with van der Waals surface area (Å²) >= 11 is 0. The third-order valence-electron chi connectivity index (χ3n) is 3.38. The van der Waals surface area contributed by atoms with Crippen molar-refractivity contribution in [3.63, 3.8) is 0 Å². The summed E-state index contributed by atoms with van der Waals surface area (Å²) in [6.07, 6.45) is 0.305. The van der Waals surface area contributed by atoms with E-state index >= 15 is 0 Å². The molecule has 4 N–H and O–H groups in total. The highest BCUT2D eigenvalue weighted by Crippen LogP contribution is 2.13. The first kappa shape index (κ1) is 15.5. The molecule has 2 unspecified atom stereocenters. The highest BCUT2D eigenvalue weighted by molar-refractivity contribution is 5.95. The molecule has 2 atom stereocenters. The van der Waals surface area contributed by atoms with E-state index in [-0.39, 0.29) is 17.9 Å². The number of aliphatic hydroxyl groups is 1. The van der Waals surface area contributed by atoms with Gasteiger partial charge in [-0.25, -0.2) is 0 Å². The van der Waals surface area contributed by atoms with Crippen molar-refractivity contribution in [1.29, 1.82) is 0 Å². The minimum Gasteiger partial charge on any atom is -0.392 e. The van der Waals surface area contributed by atoms with E-state index in [4.69, 9.17) is 0 Å². The van der Waals surface area contributed by atoms with Gasteiger partial charge in [-0.15, -0.1) is 0 Å². The Labute approximate surface area is 123 Å². The summed E-state index contributed by atoms with van der Waals surface area (Å²) in [5.74, 6) is -0.165. The van der Waals surface area contributed by atoms with Crippen LogP contribution in [0.25, 0.3) is 0 Å². The second kappa shape index (κ2) is 7.19. The number of aliphatic hydroxyl groups excluding tert-OH is 1. The Morgan fingerprint density at radius 1 is 1.33 bits per heavy atom. The standard InChI is InChI=1S/C15H21N3O3/c1-2-16-14(20)7-10-3-5-11(6-4-10)18-15(21)13-8-12(19)9-17-13/h3-6,12-13,17,19H,2,7-9H2,1H3,(H,16,20)(H,18,21). The summed E-state index contributed by atoms with van der Waals surface area (Å²) in [5.41, 5.74) is 1.58. The fourth-order valence-corrected chi connectivity index (χ4v) is 2.30. The van der Waals surface area contributed by atoms with Crippen molar-refractivity contribution in [3.05, 3.63) is 29.8 Å². The third-order valence-corrected chi connectivity index (χ3v) is 3.38. The van der Waals surface area contributed by atoms with Crippen LogP contribution < -0.4 is 16.0 Å². The van der Waals surface area contributed by atoms with Crippen LogP contribution in [0.3, 0.4) is 0 Å². The maximum atomic E-state index is 12.0. The number of carbonyl (C=O) groups is 2. The first-order valence-corrected chi connectivity index (χ1v) is 7.16. The van der Waals surface area contributed by atoms with E-state index in [2.05, 4.69) is 16.0 Å². The Morgan fingerprint density at radius 2 is 2.05 bits per heavy atom. The molecular formula is C15H21N3O3. The summed E-state index contributed by atoms with van der Waals surface area (Å²) in [7, 11) is 0. The molecule has 1 aliphatic heterocycles. The molecule has 114 valence electrons. The Balaban J connectivity index is 1.87. The molecule has 1 heterocycles. The molecule has 1 aromatic carbocycles. The van der Waals surface area contributed by atoms with E-state index in [0.29, 0.717) is 31.6 Å². The zero-order valence-corrected chi connectivity index (χ0v) is 12.1. The maximum Gasteiger partial charge on any atom is 0.241 e. The molecule has 0 radical (unpaired) electrons.